The predicted octanol–water partition coefficient (Wildman–Crippen LogP) is 2.82. The maximum atomic E-state index is 5.56. The smallest absolute Gasteiger partial charge is 0.127 e. The van der Waals surface area contributed by atoms with Crippen molar-refractivity contribution < 1.29 is 9.47 Å². The Kier molecular flexibility index (Phi) is 9.06. The van der Waals surface area contributed by atoms with Gasteiger partial charge in [-0.05, 0) is 31.5 Å². The van der Waals surface area contributed by atoms with Gasteiger partial charge in [0.15, 0.2) is 0 Å². The van der Waals surface area contributed by atoms with Gasteiger partial charge in [0, 0.05) is 32.2 Å². The Morgan fingerprint density at radius 1 is 1.05 bits per heavy atom. The van der Waals surface area contributed by atoms with Crippen LogP contribution in [0.5, 0.6) is 11.5 Å². The second kappa shape index (κ2) is 9.36. The zero-order chi connectivity index (χ0) is 13.8. The molecule has 1 saturated heterocycles. The first kappa shape index (κ1) is 20.3. The molecule has 1 aromatic carbocycles. The van der Waals surface area contributed by atoms with Crippen LogP contribution in [-0.4, -0.2) is 45.3 Å². The molecule has 0 bridgehead atoms. The van der Waals surface area contributed by atoms with E-state index in [1.54, 1.807) is 14.2 Å². The number of methoxy groups -OCH3 is 2. The van der Waals surface area contributed by atoms with Gasteiger partial charge in [-0.25, -0.2) is 0 Å². The molecule has 0 radical (unpaired) electrons. The Morgan fingerprint density at radius 3 is 1.95 bits per heavy atom. The second-order valence-electron chi connectivity index (χ2n) is 5.05. The van der Waals surface area contributed by atoms with E-state index in [0.29, 0.717) is 6.04 Å². The Morgan fingerprint density at radius 2 is 1.52 bits per heavy atom. The van der Waals surface area contributed by atoms with Gasteiger partial charge in [-0.2, -0.15) is 0 Å². The van der Waals surface area contributed by atoms with Crippen LogP contribution in [0.1, 0.15) is 24.1 Å². The van der Waals surface area contributed by atoms with Crippen LogP contribution in [0, 0.1) is 6.92 Å². The van der Waals surface area contributed by atoms with Crippen LogP contribution in [0.3, 0.4) is 0 Å². The summed E-state index contributed by atoms with van der Waals surface area (Å²) in [6.07, 6.45) is 0. The van der Waals surface area contributed by atoms with Gasteiger partial charge in [-0.15, -0.1) is 24.8 Å². The second-order valence-corrected chi connectivity index (χ2v) is 5.05. The van der Waals surface area contributed by atoms with Crippen LogP contribution >= 0.6 is 24.8 Å². The van der Waals surface area contributed by atoms with Crippen molar-refractivity contribution in [3.05, 3.63) is 23.3 Å². The van der Waals surface area contributed by atoms with Gasteiger partial charge in [-0.1, -0.05) is 0 Å². The van der Waals surface area contributed by atoms with Crippen LogP contribution in [0.4, 0.5) is 0 Å². The molecule has 0 aromatic heterocycles. The minimum absolute atomic E-state index is 0. The molecule has 1 aliphatic heterocycles. The average Bonchev–Trinajstić information content (AvgIpc) is 2.46. The highest BCUT2D eigenvalue weighted by Gasteiger charge is 2.24. The largest absolute Gasteiger partial charge is 0.496 e. The number of piperazine rings is 1. The lowest BCUT2D eigenvalue weighted by atomic mass is 10.0. The summed E-state index contributed by atoms with van der Waals surface area (Å²) >= 11 is 0. The lowest BCUT2D eigenvalue weighted by molar-refractivity contribution is 0.179. The lowest BCUT2D eigenvalue weighted by Crippen LogP contribution is -2.44. The molecule has 0 spiro atoms. The lowest BCUT2D eigenvalue weighted by Gasteiger charge is -2.34. The van der Waals surface area contributed by atoms with Gasteiger partial charge in [0.05, 0.1) is 19.8 Å². The van der Waals surface area contributed by atoms with E-state index in [2.05, 4.69) is 36.2 Å². The summed E-state index contributed by atoms with van der Waals surface area (Å²) in [6, 6.07) is 4.46. The molecule has 6 heteroatoms. The number of ether oxygens (including phenoxy) is 2. The normalized spacial score (nSPS) is 16.4. The number of rotatable bonds is 4. The maximum Gasteiger partial charge on any atom is 0.127 e. The number of aryl methyl sites for hydroxylation is 1. The molecule has 1 fully saturated rings. The van der Waals surface area contributed by atoms with Crippen LogP contribution in [-0.2, 0) is 0 Å². The van der Waals surface area contributed by atoms with Crippen LogP contribution in [0.25, 0.3) is 0 Å². The fourth-order valence-electron chi connectivity index (χ4n) is 2.73. The van der Waals surface area contributed by atoms with Crippen molar-refractivity contribution in [2.45, 2.75) is 19.9 Å². The minimum Gasteiger partial charge on any atom is -0.496 e. The average molecular weight is 337 g/mol. The fraction of sp³-hybridized carbons (Fsp3) is 0.600. The van der Waals surface area contributed by atoms with Crippen molar-refractivity contribution >= 4 is 24.8 Å². The van der Waals surface area contributed by atoms with Gasteiger partial charge in [-0.3, -0.25) is 4.90 Å². The molecule has 0 saturated carbocycles. The third-order valence-corrected chi connectivity index (χ3v) is 3.81. The maximum absolute atomic E-state index is 5.56. The van der Waals surface area contributed by atoms with Crippen molar-refractivity contribution in [3.63, 3.8) is 0 Å². The van der Waals surface area contributed by atoms with Crippen molar-refractivity contribution in [2.75, 3.05) is 40.4 Å². The summed E-state index contributed by atoms with van der Waals surface area (Å²) in [6.45, 7) is 8.48. The number of nitrogens with one attached hydrogen (secondary N) is 1. The van der Waals surface area contributed by atoms with E-state index in [1.165, 1.54) is 0 Å². The first-order valence-corrected chi connectivity index (χ1v) is 6.84. The number of halogens is 2. The molecular formula is C15H26Cl2N2O2. The van der Waals surface area contributed by atoms with E-state index in [0.717, 1.165) is 48.8 Å². The van der Waals surface area contributed by atoms with Gasteiger partial charge < -0.3 is 14.8 Å². The standard InChI is InChI=1S/C15H24N2O2.2ClH/c1-11-9-13(18-3)15(14(10-11)19-4)12(2)17-7-5-16-6-8-17;;/h9-10,12,16H,5-8H2,1-4H3;2*1H/t12-;;/m1../s1. The molecule has 4 nitrogen and oxygen atoms in total. The zero-order valence-electron chi connectivity index (χ0n) is 13.1. The predicted molar refractivity (Wildman–Crippen MR) is 91.6 cm³/mol. The monoisotopic (exact) mass is 336 g/mol. The molecule has 1 N–H and O–H groups in total. The highest BCUT2D eigenvalue weighted by atomic mass is 35.5. The van der Waals surface area contributed by atoms with E-state index < -0.39 is 0 Å². The summed E-state index contributed by atoms with van der Waals surface area (Å²) in [7, 11) is 3.45. The number of nitrogens with zero attached hydrogens (tertiary/aromatic N) is 1. The molecule has 1 aliphatic rings. The Hall–Kier alpha value is -0.680. The summed E-state index contributed by atoms with van der Waals surface area (Å²) in [5.41, 5.74) is 2.31. The van der Waals surface area contributed by atoms with Crippen LogP contribution < -0.4 is 14.8 Å². The fourth-order valence-corrected chi connectivity index (χ4v) is 2.73. The van der Waals surface area contributed by atoms with E-state index in [1.807, 2.05) is 0 Å². The highest BCUT2D eigenvalue weighted by molar-refractivity contribution is 5.85. The summed E-state index contributed by atoms with van der Waals surface area (Å²) in [5, 5.41) is 3.38. The molecule has 0 aliphatic carbocycles. The topological polar surface area (TPSA) is 33.7 Å². The summed E-state index contributed by atoms with van der Waals surface area (Å²) < 4.78 is 11.1. The number of benzene rings is 1. The molecule has 2 rings (SSSR count). The number of hydrogen-bond donors (Lipinski definition) is 1. The zero-order valence-corrected chi connectivity index (χ0v) is 14.8. The molecular weight excluding hydrogens is 311 g/mol. The highest BCUT2D eigenvalue weighted by Crippen LogP contribution is 2.38. The van der Waals surface area contributed by atoms with Crippen molar-refractivity contribution in [1.29, 1.82) is 0 Å². The summed E-state index contributed by atoms with van der Waals surface area (Å²) in [5.74, 6) is 1.84. The van der Waals surface area contributed by atoms with Crippen molar-refractivity contribution in [3.8, 4) is 11.5 Å². The van der Waals surface area contributed by atoms with Gasteiger partial charge >= 0.3 is 0 Å². The minimum atomic E-state index is 0. The molecule has 1 aromatic rings. The SMILES string of the molecule is COc1cc(C)cc(OC)c1[C@@H](C)N1CCNCC1.Cl.Cl. The first-order valence-electron chi connectivity index (χ1n) is 6.84. The first-order chi connectivity index (χ1) is 9.17. The van der Waals surface area contributed by atoms with Crippen LogP contribution in [0.15, 0.2) is 12.1 Å². The van der Waals surface area contributed by atoms with Crippen LogP contribution in [0.2, 0.25) is 0 Å². The van der Waals surface area contributed by atoms with E-state index in [4.69, 9.17) is 9.47 Å². The molecule has 1 heterocycles. The third kappa shape index (κ3) is 4.65. The molecule has 122 valence electrons. The third-order valence-electron chi connectivity index (χ3n) is 3.81. The van der Waals surface area contributed by atoms with Gasteiger partial charge in [0.1, 0.15) is 11.5 Å². The molecule has 0 unspecified atom stereocenters. The van der Waals surface area contributed by atoms with Gasteiger partial charge in [0.25, 0.3) is 0 Å². The van der Waals surface area contributed by atoms with Crippen molar-refractivity contribution in [1.82, 2.24) is 10.2 Å². The molecule has 1 atom stereocenters. The Bertz CT molecular complexity index is 413. The summed E-state index contributed by atoms with van der Waals surface area (Å²) in [4.78, 5) is 2.46. The van der Waals surface area contributed by atoms with E-state index >= 15 is 0 Å². The Balaban J connectivity index is 0.00000200. The quantitative estimate of drug-likeness (QED) is 0.916. The molecule has 21 heavy (non-hydrogen) atoms. The van der Waals surface area contributed by atoms with Crippen molar-refractivity contribution in [2.24, 2.45) is 0 Å². The number of hydrogen-bond acceptors (Lipinski definition) is 4. The molecule has 0 amide bonds. The Labute approximate surface area is 140 Å². The van der Waals surface area contributed by atoms with E-state index in [-0.39, 0.29) is 24.8 Å². The van der Waals surface area contributed by atoms with E-state index in [9.17, 15) is 0 Å². The van der Waals surface area contributed by atoms with Gasteiger partial charge in [0.2, 0.25) is 0 Å².